The van der Waals surface area contributed by atoms with Gasteiger partial charge in [0.2, 0.25) is 10.0 Å². The number of anilines is 1. The van der Waals surface area contributed by atoms with Gasteiger partial charge in [-0.2, -0.15) is 0 Å². The number of benzene rings is 2. The number of carbonyl (C=O) groups excluding carboxylic acids is 2. The van der Waals surface area contributed by atoms with Crippen molar-refractivity contribution < 1.29 is 27.9 Å². The maximum Gasteiger partial charge on any atom is 0.251 e. The third kappa shape index (κ3) is 9.67. The Hall–Kier alpha value is -3.25. The van der Waals surface area contributed by atoms with E-state index < -0.39 is 34.0 Å². The van der Waals surface area contributed by atoms with Crippen LogP contribution in [0.15, 0.2) is 54.6 Å². The Labute approximate surface area is 243 Å². The topological polar surface area (TPSA) is 137 Å². The maximum absolute atomic E-state index is 13.4. The van der Waals surface area contributed by atoms with Crippen LogP contribution in [0.5, 0.6) is 0 Å². The zero-order valence-corrected chi connectivity index (χ0v) is 25.3. The molecule has 41 heavy (non-hydrogen) atoms. The van der Waals surface area contributed by atoms with E-state index in [0.29, 0.717) is 19.5 Å². The molecule has 3 rings (SSSR count). The molecule has 1 aliphatic rings. The molecule has 11 heteroatoms. The lowest BCUT2D eigenvalue weighted by Gasteiger charge is -2.25. The molecule has 0 unspecified atom stereocenters. The van der Waals surface area contributed by atoms with E-state index in [-0.39, 0.29) is 42.0 Å². The molecule has 1 heterocycles. The zero-order valence-electron chi connectivity index (χ0n) is 24.4. The number of nitrogens with one attached hydrogen (secondary N) is 3. The molecule has 0 aromatic heterocycles. The maximum atomic E-state index is 13.4. The minimum Gasteiger partial charge on any atom is -0.390 e. The van der Waals surface area contributed by atoms with Crippen LogP contribution in [0.1, 0.15) is 59.0 Å². The van der Waals surface area contributed by atoms with Crippen molar-refractivity contribution in [3.8, 4) is 0 Å². The Bertz CT molecular complexity index is 1350. The second-order valence-electron chi connectivity index (χ2n) is 11.3. The minimum atomic E-state index is -3.65. The first kappa shape index (κ1) is 32.3. The van der Waals surface area contributed by atoms with Gasteiger partial charge in [-0.05, 0) is 41.2 Å². The van der Waals surface area contributed by atoms with E-state index in [4.69, 9.17) is 4.74 Å². The van der Waals surface area contributed by atoms with Gasteiger partial charge in [0.05, 0.1) is 37.3 Å². The number of carbonyl (C=O) groups is 2. The number of hydrogen-bond donors (Lipinski definition) is 4. The number of sulfonamides is 1. The highest BCUT2D eigenvalue weighted by molar-refractivity contribution is 7.92. The van der Waals surface area contributed by atoms with Crippen molar-refractivity contribution in [2.45, 2.75) is 51.3 Å². The summed E-state index contributed by atoms with van der Waals surface area (Å²) in [5.41, 5.74) is 2.71. The van der Waals surface area contributed by atoms with Crippen LogP contribution in [-0.4, -0.2) is 77.1 Å². The normalized spacial score (nSPS) is 18.8. The lowest BCUT2D eigenvalue weighted by Crippen LogP contribution is -2.50. The molecule has 2 atom stereocenters. The molecule has 4 N–H and O–H groups in total. The van der Waals surface area contributed by atoms with Crippen LogP contribution in [0, 0.1) is 0 Å². The summed E-state index contributed by atoms with van der Waals surface area (Å²) >= 11 is 0. The third-order valence-corrected chi connectivity index (χ3v) is 8.04. The molecular weight excluding hydrogens is 544 g/mol. The summed E-state index contributed by atoms with van der Waals surface area (Å²) in [6, 6.07) is 11.7. The standard InChI is InChI=1S/C30H42N4O6S/c1-30(2,3)24-11-9-10-21(14-24)18-31-19-27(35)26-20-40-13-8-6-7-12-32-28(36)22-15-23(29(37)33-26)17-25(16-22)34(4)41(5,38)39/h6,8-11,14-17,26-27,31,35H,7,12-13,18-20H2,1-5H3,(H,32,36)(H,33,37)/b8-6+/t26-,27+/m0/s1. The summed E-state index contributed by atoms with van der Waals surface area (Å²) in [7, 11) is -2.30. The zero-order chi connectivity index (χ0) is 30.2. The van der Waals surface area contributed by atoms with Crippen molar-refractivity contribution in [1.29, 1.82) is 0 Å². The summed E-state index contributed by atoms with van der Waals surface area (Å²) in [6.45, 7) is 7.86. The van der Waals surface area contributed by atoms with Gasteiger partial charge in [0, 0.05) is 37.8 Å². The fraction of sp³-hybridized carbons (Fsp3) is 0.467. The first-order chi connectivity index (χ1) is 19.3. The summed E-state index contributed by atoms with van der Waals surface area (Å²) in [5, 5.41) is 19.9. The van der Waals surface area contributed by atoms with Crippen molar-refractivity contribution >= 4 is 27.5 Å². The van der Waals surface area contributed by atoms with Crippen molar-refractivity contribution in [2.24, 2.45) is 0 Å². The highest BCUT2D eigenvalue weighted by Gasteiger charge is 2.24. The van der Waals surface area contributed by atoms with Gasteiger partial charge in [0.15, 0.2) is 0 Å². The molecule has 0 aliphatic carbocycles. The van der Waals surface area contributed by atoms with Gasteiger partial charge in [-0.25, -0.2) is 8.42 Å². The van der Waals surface area contributed by atoms with Gasteiger partial charge in [-0.3, -0.25) is 13.9 Å². The van der Waals surface area contributed by atoms with E-state index in [0.717, 1.165) is 16.1 Å². The average molecular weight is 587 g/mol. The predicted molar refractivity (Wildman–Crippen MR) is 161 cm³/mol. The van der Waals surface area contributed by atoms with Gasteiger partial charge in [0.1, 0.15) is 0 Å². The second-order valence-corrected chi connectivity index (χ2v) is 13.3. The van der Waals surface area contributed by atoms with Crippen LogP contribution in [-0.2, 0) is 26.7 Å². The first-order valence-corrected chi connectivity index (χ1v) is 15.5. The molecule has 2 aromatic carbocycles. The SMILES string of the molecule is CN(c1cc2cc(c1)C(=O)N[C@H]([C@H](O)CNCc1cccc(C(C)(C)C)c1)COC/C=C/CCNC2=O)S(C)(=O)=O. The molecule has 1 aliphatic heterocycles. The lowest BCUT2D eigenvalue weighted by molar-refractivity contribution is 0.0516. The molecule has 2 amide bonds. The van der Waals surface area contributed by atoms with E-state index in [2.05, 4.69) is 48.9 Å². The second kappa shape index (κ2) is 14.1. The molecule has 10 nitrogen and oxygen atoms in total. The molecule has 0 saturated heterocycles. The van der Waals surface area contributed by atoms with Crippen LogP contribution in [0.25, 0.3) is 0 Å². The number of fused-ring (bicyclic) bond motifs is 2. The molecular formula is C30H42N4O6S. The summed E-state index contributed by atoms with van der Waals surface area (Å²) < 4.78 is 31.1. The van der Waals surface area contributed by atoms with Gasteiger partial charge >= 0.3 is 0 Å². The number of ether oxygens (including phenoxy) is 1. The van der Waals surface area contributed by atoms with E-state index in [1.165, 1.54) is 30.8 Å². The largest absolute Gasteiger partial charge is 0.390 e. The van der Waals surface area contributed by atoms with Gasteiger partial charge < -0.3 is 25.8 Å². The summed E-state index contributed by atoms with van der Waals surface area (Å²) in [6.07, 6.45) is 4.30. The first-order valence-electron chi connectivity index (χ1n) is 13.6. The fourth-order valence-corrected chi connectivity index (χ4v) is 4.71. The van der Waals surface area contributed by atoms with Crippen molar-refractivity contribution in [3.05, 3.63) is 76.9 Å². The van der Waals surface area contributed by atoms with Crippen LogP contribution in [0.2, 0.25) is 0 Å². The highest BCUT2D eigenvalue weighted by atomic mass is 32.2. The van der Waals surface area contributed by atoms with Crippen molar-refractivity contribution in [3.63, 3.8) is 0 Å². The van der Waals surface area contributed by atoms with Crippen molar-refractivity contribution in [1.82, 2.24) is 16.0 Å². The Morgan fingerprint density at radius 3 is 2.49 bits per heavy atom. The molecule has 2 aromatic rings. The smallest absolute Gasteiger partial charge is 0.251 e. The van der Waals surface area contributed by atoms with Gasteiger partial charge in [0.25, 0.3) is 11.8 Å². The van der Waals surface area contributed by atoms with Crippen LogP contribution in [0.3, 0.4) is 0 Å². The molecule has 224 valence electrons. The molecule has 2 bridgehead atoms. The number of aliphatic hydroxyl groups excluding tert-OH is 1. The molecule has 0 radical (unpaired) electrons. The number of aliphatic hydroxyl groups is 1. The summed E-state index contributed by atoms with van der Waals surface area (Å²) in [5.74, 6) is -1.00. The highest BCUT2D eigenvalue weighted by Crippen LogP contribution is 2.23. The Morgan fingerprint density at radius 2 is 1.80 bits per heavy atom. The average Bonchev–Trinajstić information content (AvgIpc) is 2.91. The monoisotopic (exact) mass is 586 g/mol. The van der Waals surface area contributed by atoms with Crippen LogP contribution >= 0.6 is 0 Å². The molecule has 0 fully saturated rings. The van der Waals surface area contributed by atoms with Crippen molar-refractivity contribution in [2.75, 3.05) is 43.9 Å². The Morgan fingerprint density at radius 1 is 1.10 bits per heavy atom. The molecule has 0 saturated carbocycles. The fourth-order valence-electron chi connectivity index (χ4n) is 4.22. The van der Waals surface area contributed by atoms with E-state index in [9.17, 15) is 23.1 Å². The number of hydrogen-bond acceptors (Lipinski definition) is 7. The van der Waals surface area contributed by atoms with Gasteiger partial charge in [-0.1, -0.05) is 57.2 Å². The van der Waals surface area contributed by atoms with E-state index in [1.54, 1.807) is 0 Å². The van der Waals surface area contributed by atoms with Crippen LogP contribution in [0.4, 0.5) is 5.69 Å². The summed E-state index contributed by atoms with van der Waals surface area (Å²) in [4.78, 5) is 26.2. The van der Waals surface area contributed by atoms with E-state index in [1.807, 2.05) is 24.3 Å². The number of rotatable bonds is 7. The molecule has 0 spiro atoms. The Kier molecular flexibility index (Phi) is 11.1. The van der Waals surface area contributed by atoms with E-state index >= 15 is 0 Å². The number of nitrogens with zero attached hydrogens (tertiary/aromatic N) is 1. The lowest BCUT2D eigenvalue weighted by atomic mass is 9.86. The minimum absolute atomic E-state index is 0.0180. The van der Waals surface area contributed by atoms with Crippen LogP contribution < -0.4 is 20.3 Å². The Balaban J connectivity index is 1.81. The third-order valence-electron chi connectivity index (χ3n) is 6.83. The predicted octanol–water partition coefficient (Wildman–Crippen LogP) is 2.34. The number of amides is 2. The quantitative estimate of drug-likeness (QED) is 0.366. The van der Waals surface area contributed by atoms with Gasteiger partial charge in [-0.15, -0.1) is 0 Å².